The predicted octanol–water partition coefficient (Wildman–Crippen LogP) is -1.52. The van der Waals surface area contributed by atoms with Gasteiger partial charge in [0.1, 0.15) is 12.3 Å². The summed E-state index contributed by atoms with van der Waals surface area (Å²) in [6.45, 7) is 9.99. The van der Waals surface area contributed by atoms with Gasteiger partial charge in [0, 0.05) is 38.6 Å². The highest BCUT2D eigenvalue weighted by Crippen LogP contribution is 2.23. The van der Waals surface area contributed by atoms with Gasteiger partial charge >= 0.3 is 12.0 Å². The Morgan fingerprint density at radius 1 is 1.07 bits per heavy atom. The number of piperidine rings is 1. The number of ether oxygens (including phenoxy) is 2. The van der Waals surface area contributed by atoms with Crippen molar-refractivity contribution < 1.29 is 38.6 Å². The van der Waals surface area contributed by atoms with Gasteiger partial charge in [-0.05, 0) is 31.1 Å². The summed E-state index contributed by atoms with van der Waals surface area (Å²) >= 11 is 0. The number of aldehydes is 1. The van der Waals surface area contributed by atoms with E-state index in [1.54, 1.807) is 13.8 Å². The fraction of sp³-hybridized carbons (Fsp3) is 0.821. The summed E-state index contributed by atoms with van der Waals surface area (Å²) in [7, 11) is 0. The fourth-order valence-electron chi connectivity index (χ4n) is 4.89. The molecule has 15 nitrogen and oxygen atoms in total. The number of nitrogens with one attached hydrogen (secondary N) is 5. The Labute approximate surface area is 254 Å². The number of carboxylic acid groups (broad SMARTS) is 1. The highest BCUT2D eigenvalue weighted by atomic mass is 16.5. The van der Waals surface area contributed by atoms with E-state index in [0.717, 1.165) is 6.29 Å². The van der Waals surface area contributed by atoms with Crippen molar-refractivity contribution in [2.24, 2.45) is 23.3 Å². The maximum atomic E-state index is 13.8. The number of hydrogen-bond acceptors (Lipinski definition) is 11. The molecule has 0 aromatic heterocycles. The molecule has 0 radical (unpaired) electrons. The zero-order valence-electron chi connectivity index (χ0n) is 26.0. The van der Waals surface area contributed by atoms with Crippen LogP contribution in [0.2, 0.25) is 0 Å². The van der Waals surface area contributed by atoms with Gasteiger partial charge in [-0.1, -0.05) is 27.7 Å². The Hall–Kier alpha value is -2.69. The van der Waals surface area contributed by atoms with Crippen LogP contribution in [-0.2, 0) is 28.7 Å². The summed E-state index contributed by atoms with van der Waals surface area (Å²) in [5.41, 5.74) is 9.27. The molecule has 15 heteroatoms. The fourth-order valence-corrected chi connectivity index (χ4v) is 4.89. The zero-order chi connectivity index (χ0) is 32.4. The number of urea groups is 1. The van der Waals surface area contributed by atoms with E-state index in [2.05, 4.69) is 26.6 Å². The number of carboxylic acids is 1. The number of aliphatic carboxylic acids is 1. The Morgan fingerprint density at radius 2 is 1.74 bits per heavy atom. The molecule has 1 aliphatic rings. The molecule has 0 aliphatic carbocycles. The van der Waals surface area contributed by atoms with E-state index >= 15 is 0 Å². The van der Waals surface area contributed by atoms with Crippen molar-refractivity contribution in [3.05, 3.63) is 0 Å². The monoisotopic (exact) mass is 615 g/mol. The lowest BCUT2D eigenvalue weighted by Crippen LogP contribution is -2.71. The summed E-state index contributed by atoms with van der Waals surface area (Å²) in [6, 6.07) is -3.51. The number of nitrogens with two attached hydrogens (primary N) is 2. The van der Waals surface area contributed by atoms with Crippen molar-refractivity contribution in [3.8, 4) is 0 Å². The van der Waals surface area contributed by atoms with Crippen LogP contribution in [0.15, 0.2) is 0 Å². The van der Waals surface area contributed by atoms with Gasteiger partial charge in [0.15, 0.2) is 5.78 Å². The lowest BCUT2D eigenvalue weighted by Gasteiger charge is -2.44. The van der Waals surface area contributed by atoms with Crippen LogP contribution in [0.1, 0.15) is 53.4 Å². The van der Waals surface area contributed by atoms with E-state index in [-0.39, 0.29) is 62.6 Å². The molecule has 43 heavy (non-hydrogen) atoms. The van der Waals surface area contributed by atoms with E-state index in [9.17, 15) is 29.1 Å². The molecule has 1 aliphatic heterocycles. The van der Waals surface area contributed by atoms with Crippen molar-refractivity contribution in [2.75, 3.05) is 52.6 Å². The van der Waals surface area contributed by atoms with Gasteiger partial charge in [0.25, 0.3) is 0 Å². The van der Waals surface area contributed by atoms with Crippen LogP contribution in [0.5, 0.6) is 0 Å². The molecule has 0 saturated carbocycles. The summed E-state index contributed by atoms with van der Waals surface area (Å²) < 4.78 is 10.9. The van der Waals surface area contributed by atoms with Crippen LogP contribution in [0.25, 0.3) is 0 Å². The van der Waals surface area contributed by atoms with E-state index in [0.29, 0.717) is 39.3 Å². The van der Waals surface area contributed by atoms with Gasteiger partial charge in [-0.3, -0.25) is 14.9 Å². The average Bonchev–Trinajstić information content (AvgIpc) is 2.95. The lowest BCUT2D eigenvalue weighted by molar-refractivity contribution is -0.143. The maximum Gasteiger partial charge on any atom is 0.326 e. The minimum absolute atomic E-state index is 0.0349. The Morgan fingerprint density at radius 3 is 2.30 bits per heavy atom. The highest BCUT2D eigenvalue weighted by Gasteiger charge is 2.45. The highest BCUT2D eigenvalue weighted by molar-refractivity contribution is 5.91. The second kappa shape index (κ2) is 20.3. The Balaban J connectivity index is 3.11. The van der Waals surface area contributed by atoms with Crippen LogP contribution < -0.4 is 38.1 Å². The standard InChI is InChI=1S/C28H53N7O8/c1-18(2)22(16-36)33-20-14-28(17-31-15-20,23(37)7-10-42-12-13-43-11-8-29)35-24(19(3)4)25(38)34-21(26(39)40)6-5-9-32-27(30)41/h16,18-22,24,31,33,35H,5-15,17,29H2,1-4H3,(H,34,38)(H,39,40)(H3,30,32,41)/t20-,21+,22-,24+,28-/m1/s1. The van der Waals surface area contributed by atoms with Crippen molar-refractivity contribution >= 4 is 30.0 Å². The number of hydrogen-bond donors (Lipinski definition) is 8. The van der Waals surface area contributed by atoms with Gasteiger partial charge in [0.05, 0.1) is 44.1 Å². The number of carbonyl (C=O) groups excluding carboxylic acids is 4. The summed E-state index contributed by atoms with van der Waals surface area (Å²) in [5.74, 6) is -2.22. The molecule has 1 heterocycles. The van der Waals surface area contributed by atoms with Gasteiger partial charge in [0.2, 0.25) is 5.91 Å². The van der Waals surface area contributed by atoms with Gasteiger partial charge < -0.3 is 52.1 Å². The lowest BCUT2D eigenvalue weighted by atomic mass is 9.80. The minimum atomic E-state index is -1.22. The SMILES string of the molecule is CC(C)[C@H](N[C@@]1(C(=O)CCOCCOCCN)CNC[C@H](N[C@H](C=O)C(C)C)C1)C(=O)N[C@@H](CCCNC(N)=O)C(=O)O. The number of amides is 3. The third kappa shape index (κ3) is 14.1. The van der Waals surface area contributed by atoms with Crippen LogP contribution in [-0.4, -0.2) is 117 Å². The van der Waals surface area contributed by atoms with E-state index in [1.165, 1.54) is 0 Å². The van der Waals surface area contributed by atoms with E-state index in [1.807, 2.05) is 13.8 Å². The molecule has 248 valence electrons. The molecule has 10 N–H and O–H groups in total. The molecular weight excluding hydrogens is 562 g/mol. The Bertz CT molecular complexity index is 891. The first kappa shape index (κ1) is 38.3. The molecule has 0 aromatic carbocycles. The van der Waals surface area contributed by atoms with Crippen molar-refractivity contribution in [1.82, 2.24) is 26.6 Å². The molecule has 0 unspecified atom stereocenters. The maximum absolute atomic E-state index is 13.8. The molecule has 1 rings (SSSR count). The summed E-state index contributed by atoms with van der Waals surface area (Å²) in [5, 5.41) is 24.6. The smallest absolute Gasteiger partial charge is 0.326 e. The third-order valence-electron chi connectivity index (χ3n) is 7.31. The third-order valence-corrected chi connectivity index (χ3v) is 7.31. The second-order valence-electron chi connectivity index (χ2n) is 11.6. The first-order chi connectivity index (χ1) is 20.4. The molecule has 5 atom stereocenters. The summed E-state index contributed by atoms with van der Waals surface area (Å²) in [6.07, 6.45) is 1.57. The topological polar surface area (TPSA) is 236 Å². The quantitative estimate of drug-likeness (QED) is 0.0483. The number of rotatable bonds is 23. The molecule has 0 aromatic rings. The molecular formula is C28H53N7O8. The van der Waals surface area contributed by atoms with Crippen LogP contribution in [0.3, 0.4) is 0 Å². The Kier molecular flexibility index (Phi) is 18.1. The van der Waals surface area contributed by atoms with E-state index < -0.39 is 41.6 Å². The molecule has 0 bridgehead atoms. The first-order valence-corrected chi connectivity index (χ1v) is 15.0. The first-order valence-electron chi connectivity index (χ1n) is 15.0. The normalized spacial score (nSPS) is 20.8. The minimum Gasteiger partial charge on any atom is -0.480 e. The number of primary amides is 1. The largest absolute Gasteiger partial charge is 0.480 e. The molecule has 1 saturated heterocycles. The average molecular weight is 616 g/mol. The van der Waals surface area contributed by atoms with Crippen molar-refractivity contribution in [1.29, 1.82) is 0 Å². The predicted molar refractivity (Wildman–Crippen MR) is 160 cm³/mol. The number of carbonyl (C=O) groups is 5. The summed E-state index contributed by atoms with van der Waals surface area (Å²) in [4.78, 5) is 61.8. The van der Waals surface area contributed by atoms with Crippen LogP contribution >= 0.6 is 0 Å². The number of Topliss-reactive ketones (excluding diaryl/α,β-unsaturated/α-hetero) is 1. The zero-order valence-corrected chi connectivity index (χ0v) is 26.0. The second-order valence-corrected chi connectivity index (χ2v) is 11.6. The van der Waals surface area contributed by atoms with Gasteiger partial charge in [-0.25, -0.2) is 9.59 Å². The van der Waals surface area contributed by atoms with Gasteiger partial charge in [-0.2, -0.15) is 0 Å². The van der Waals surface area contributed by atoms with Crippen LogP contribution in [0.4, 0.5) is 4.79 Å². The van der Waals surface area contributed by atoms with Gasteiger partial charge in [-0.15, -0.1) is 0 Å². The molecule has 0 spiro atoms. The molecule has 3 amide bonds. The van der Waals surface area contributed by atoms with E-state index in [4.69, 9.17) is 20.9 Å². The van der Waals surface area contributed by atoms with Crippen molar-refractivity contribution in [2.45, 2.75) is 83.1 Å². The van der Waals surface area contributed by atoms with Crippen molar-refractivity contribution in [3.63, 3.8) is 0 Å². The number of ketones is 1. The molecule has 1 fully saturated rings. The van der Waals surface area contributed by atoms with Crippen LogP contribution in [0, 0.1) is 11.8 Å².